The Morgan fingerprint density at radius 3 is 2.69 bits per heavy atom. The smallest absolute Gasteiger partial charge is 0.253 e. The zero-order chi connectivity index (χ0) is 12.1. The van der Waals surface area contributed by atoms with Gasteiger partial charge in [0.15, 0.2) is 0 Å². The summed E-state index contributed by atoms with van der Waals surface area (Å²) in [5, 5.41) is 5.84. The zero-order valence-corrected chi connectivity index (χ0v) is 10.0. The van der Waals surface area contributed by atoms with Crippen molar-refractivity contribution in [2.45, 2.75) is 13.8 Å². The van der Waals surface area contributed by atoms with Gasteiger partial charge in [-0.2, -0.15) is 0 Å². The van der Waals surface area contributed by atoms with E-state index in [-0.39, 0.29) is 5.91 Å². The number of hydrogen-bond donors (Lipinski definition) is 3. The summed E-state index contributed by atoms with van der Waals surface area (Å²) in [6, 6.07) is 5.24. The SMILES string of the molecule is CNC(=O)c1ccc(N)cc1NCC(C)C. The summed E-state index contributed by atoms with van der Waals surface area (Å²) in [4.78, 5) is 11.6. The molecule has 88 valence electrons. The van der Waals surface area contributed by atoms with Gasteiger partial charge < -0.3 is 16.4 Å². The molecule has 0 aliphatic rings. The van der Waals surface area contributed by atoms with Gasteiger partial charge in [-0.05, 0) is 24.1 Å². The molecule has 1 aromatic carbocycles. The first kappa shape index (κ1) is 12.4. The van der Waals surface area contributed by atoms with Crippen molar-refractivity contribution in [2.24, 2.45) is 5.92 Å². The molecule has 4 N–H and O–H groups in total. The highest BCUT2D eigenvalue weighted by molar-refractivity contribution is 6.00. The number of hydrogen-bond acceptors (Lipinski definition) is 3. The highest BCUT2D eigenvalue weighted by atomic mass is 16.1. The standard InChI is InChI=1S/C12H19N3O/c1-8(2)7-15-11-6-9(13)4-5-10(11)12(16)14-3/h4-6,8,15H,7,13H2,1-3H3,(H,14,16). The molecule has 1 amide bonds. The maximum Gasteiger partial charge on any atom is 0.253 e. The lowest BCUT2D eigenvalue weighted by Crippen LogP contribution is -2.20. The number of benzene rings is 1. The first-order chi connectivity index (χ1) is 7.54. The summed E-state index contributed by atoms with van der Waals surface area (Å²) in [6.45, 7) is 5.03. The molecule has 0 saturated heterocycles. The van der Waals surface area contributed by atoms with Gasteiger partial charge in [0.2, 0.25) is 0 Å². The summed E-state index contributed by atoms with van der Waals surface area (Å²) in [6.07, 6.45) is 0. The number of carbonyl (C=O) groups is 1. The molecule has 4 heteroatoms. The van der Waals surface area contributed by atoms with Gasteiger partial charge in [-0.1, -0.05) is 13.8 Å². The van der Waals surface area contributed by atoms with Crippen LogP contribution < -0.4 is 16.4 Å². The second kappa shape index (κ2) is 5.39. The molecular weight excluding hydrogens is 202 g/mol. The summed E-state index contributed by atoms with van der Waals surface area (Å²) >= 11 is 0. The van der Waals surface area contributed by atoms with Crippen molar-refractivity contribution >= 4 is 17.3 Å². The molecule has 4 nitrogen and oxygen atoms in total. The Bertz CT molecular complexity index is 375. The van der Waals surface area contributed by atoms with Crippen LogP contribution in [0.25, 0.3) is 0 Å². The van der Waals surface area contributed by atoms with Crippen molar-refractivity contribution in [1.82, 2.24) is 5.32 Å². The number of nitrogens with two attached hydrogens (primary N) is 1. The van der Waals surface area contributed by atoms with E-state index in [1.807, 2.05) is 0 Å². The normalized spacial score (nSPS) is 10.2. The topological polar surface area (TPSA) is 67.2 Å². The summed E-state index contributed by atoms with van der Waals surface area (Å²) in [5.74, 6) is 0.408. The Balaban J connectivity index is 2.94. The first-order valence-electron chi connectivity index (χ1n) is 5.40. The minimum Gasteiger partial charge on any atom is -0.399 e. The fraction of sp³-hybridized carbons (Fsp3) is 0.417. The summed E-state index contributed by atoms with van der Waals surface area (Å²) in [5.41, 5.74) is 7.76. The van der Waals surface area contributed by atoms with E-state index in [9.17, 15) is 4.79 Å². The quantitative estimate of drug-likeness (QED) is 0.678. The molecule has 0 radical (unpaired) electrons. The zero-order valence-electron chi connectivity index (χ0n) is 10.0. The van der Waals surface area contributed by atoms with Crippen molar-refractivity contribution in [3.63, 3.8) is 0 Å². The van der Waals surface area contributed by atoms with Crippen LogP contribution in [0.4, 0.5) is 11.4 Å². The Morgan fingerprint density at radius 2 is 2.12 bits per heavy atom. The number of nitrogens with one attached hydrogen (secondary N) is 2. The van der Waals surface area contributed by atoms with Crippen LogP contribution in [0.5, 0.6) is 0 Å². The number of carbonyl (C=O) groups excluding carboxylic acids is 1. The van der Waals surface area contributed by atoms with Crippen molar-refractivity contribution in [3.8, 4) is 0 Å². The van der Waals surface area contributed by atoms with Gasteiger partial charge in [-0.15, -0.1) is 0 Å². The molecule has 0 bridgehead atoms. The van der Waals surface area contributed by atoms with E-state index in [2.05, 4.69) is 24.5 Å². The molecule has 0 aromatic heterocycles. The van der Waals surface area contributed by atoms with Crippen LogP contribution in [-0.4, -0.2) is 19.5 Å². The molecule has 0 atom stereocenters. The van der Waals surface area contributed by atoms with Gasteiger partial charge in [0.25, 0.3) is 5.91 Å². The highest BCUT2D eigenvalue weighted by Gasteiger charge is 2.10. The molecule has 0 unspecified atom stereocenters. The molecular formula is C12H19N3O. The highest BCUT2D eigenvalue weighted by Crippen LogP contribution is 2.19. The largest absolute Gasteiger partial charge is 0.399 e. The Hall–Kier alpha value is -1.71. The Morgan fingerprint density at radius 1 is 1.44 bits per heavy atom. The first-order valence-corrected chi connectivity index (χ1v) is 5.40. The van der Waals surface area contributed by atoms with Gasteiger partial charge in [-0.3, -0.25) is 4.79 Å². The number of amides is 1. The van der Waals surface area contributed by atoms with Crippen LogP contribution in [0, 0.1) is 5.92 Å². The van der Waals surface area contributed by atoms with E-state index in [4.69, 9.17) is 5.73 Å². The van der Waals surface area contributed by atoms with Gasteiger partial charge >= 0.3 is 0 Å². The van der Waals surface area contributed by atoms with Gasteiger partial charge in [0.05, 0.1) is 5.56 Å². The summed E-state index contributed by atoms with van der Waals surface area (Å²) < 4.78 is 0. The monoisotopic (exact) mass is 221 g/mol. The molecule has 0 heterocycles. The van der Waals surface area contributed by atoms with Crippen molar-refractivity contribution in [1.29, 1.82) is 0 Å². The predicted molar refractivity (Wildman–Crippen MR) is 67.6 cm³/mol. The van der Waals surface area contributed by atoms with Crippen LogP contribution in [0.15, 0.2) is 18.2 Å². The van der Waals surface area contributed by atoms with Crippen LogP contribution in [0.3, 0.4) is 0 Å². The molecule has 1 rings (SSSR count). The fourth-order valence-electron chi connectivity index (χ4n) is 1.35. The van der Waals surface area contributed by atoms with Gasteiger partial charge in [-0.25, -0.2) is 0 Å². The van der Waals surface area contributed by atoms with E-state index in [0.29, 0.717) is 17.2 Å². The van der Waals surface area contributed by atoms with E-state index in [1.54, 1.807) is 25.2 Å². The maximum absolute atomic E-state index is 11.6. The third-order valence-electron chi connectivity index (χ3n) is 2.22. The average molecular weight is 221 g/mol. The molecule has 0 spiro atoms. The lowest BCUT2D eigenvalue weighted by molar-refractivity contribution is 0.0964. The third-order valence-corrected chi connectivity index (χ3v) is 2.22. The third kappa shape index (κ3) is 3.15. The number of nitrogen functional groups attached to an aromatic ring is 1. The van der Waals surface area contributed by atoms with Gasteiger partial charge in [0, 0.05) is 25.0 Å². The van der Waals surface area contributed by atoms with Crippen molar-refractivity contribution in [2.75, 3.05) is 24.6 Å². The van der Waals surface area contributed by atoms with E-state index >= 15 is 0 Å². The second-order valence-electron chi connectivity index (χ2n) is 4.16. The lowest BCUT2D eigenvalue weighted by Gasteiger charge is -2.13. The second-order valence-corrected chi connectivity index (χ2v) is 4.16. The van der Waals surface area contributed by atoms with Crippen molar-refractivity contribution in [3.05, 3.63) is 23.8 Å². The Kier molecular flexibility index (Phi) is 4.17. The van der Waals surface area contributed by atoms with E-state index < -0.39 is 0 Å². The van der Waals surface area contributed by atoms with E-state index in [0.717, 1.165) is 12.2 Å². The molecule has 0 saturated carbocycles. The average Bonchev–Trinajstić information content (AvgIpc) is 2.25. The lowest BCUT2D eigenvalue weighted by atomic mass is 10.1. The molecule has 0 aliphatic heterocycles. The van der Waals surface area contributed by atoms with Crippen LogP contribution in [0.2, 0.25) is 0 Å². The fourth-order valence-corrected chi connectivity index (χ4v) is 1.35. The number of anilines is 2. The number of rotatable bonds is 4. The van der Waals surface area contributed by atoms with Gasteiger partial charge in [0.1, 0.15) is 0 Å². The van der Waals surface area contributed by atoms with Crippen LogP contribution >= 0.6 is 0 Å². The molecule has 1 aromatic rings. The molecule has 0 aliphatic carbocycles. The molecule has 0 fully saturated rings. The minimum absolute atomic E-state index is 0.105. The maximum atomic E-state index is 11.6. The molecule has 16 heavy (non-hydrogen) atoms. The van der Waals surface area contributed by atoms with Crippen LogP contribution in [0.1, 0.15) is 24.2 Å². The van der Waals surface area contributed by atoms with E-state index in [1.165, 1.54) is 0 Å². The minimum atomic E-state index is -0.105. The summed E-state index contributed by atoms with van der Waals surface area (Å²) in [7, 11) is 1.62. The van der Waals surface area contributed by atoms with Crippen LogP contribution in [-0.2, 0) is 0 Å². The Labute approximate surface area is 96.2 Å². The predicted octanol–water partition coefficient (Wildman–Crippen LogP) is 1.70. The van der Waals surface area contributed by atoms with Crippen molar-refractivity contribution < 1.29 is 4.79 Å².